The van der Waals surface area contributed by atoms with Crippen LogP contribution in [0.3, 0.4) is 0 Å². The zero-order chi connectivity index (χ0) is 17.6. The molecule has 3 aromatic rings. The largest absolute Gasteiger partial charge is 0.339 e. The van der Waals surface area contributed by atoms with E-state index in [2.05, 4.69) is 21.4 Å². The van der Waals surface area contributed by atoms with Crippen LogP contribution in [0.1, 0.15) is 17.9 Å². The summed E-state index contributed by atoms with van der Waals surface area (Å²) in [6.07, 6.45) is 5.92. The van der Waals surface area contributed by atoms with Crippen LogP contribution < -0.4 is 5.32 Å². The Morgan fingerprint density at radius 3 is 2.80 bits per heavy atom. The number of anilines is 1. The molecular weight excluding hydrogens is 338 g/mol. The lowest BCUT2D eigenvalue weighted by molar-refractivity contribution is -0.116. The Hall–Kier alpha value is -3.10. The third-order valence-electron chi connectivity index (χ3n) is 3.45. The highest BCUT2D eigenvalue weighted by molar-refractivity contribution is 6.30. The number of carbonyl (C=O) groups is 1. The van der Waals surface area contributed by atoms with E-state index in [9.17, 15) is 4.79 Å². The SMILES string of the molecule is C#Cc1cccc(NC(=O)CCc2nc(-c3ccc(Cl)cc3)no2)c1. The molecule has 124 valence electrons. The first-order valence-corrected chi connectivity index (χ1v) is 7.97. The Morgan fingerprint density at radius 1 is 1.24 bits per heavy atom. The van der Waals surface area contributed by atoms with Crippen LogP contribution in [0.4, 0.5) is 5.69 Å². The number of terminal acetylenes is 1. The molecule has 0 fully saturated rings. The number of carbonyl (C=O) groups excluding carboxylic acids is 1. The molecule has 6 heteroatoms. The van der Waals surface area contributed by atoms with Crippen molar-refractivity contribution in [2.45, 2.75) is 12.8 Å². The van der Waals surface area contributed by atoms with Gasteiger partial charge in [0.05, 0.1) is 0 Å². The van der Waals surface area contributed by atoms with Crippen LogP contribution in [0, 0.1) is 12.3 Å². The van der Waals surface area contributed by atoms with E-state index >= 15 is 0 Å². The van der Waals surface area contributed by atoms with E-state index in [1.54, 1.807) is 36.4 Å². The van der Waals surface area contributed by atoms with E-state index in [4.69, 9.17) is 22.5 Å². The monoisotopic (exact) mass is 351 g/mol. The number of nitrogens with zero attached hydrogens (tertiary/aromatic N) is 2. The summed E-state index contributed by atoms with van der Waals surface area (Å²) in [5.41, 5.74) is 2.17. The van der Waals surface area contributed by atoms with E-state index in [0.717, 1.165) is 5.56 Å². The van der Waals surface area contributed by atoms with E-state index < -0.39 is 0 Å². The number of rotatable bonds is 5. The zero-order valence-electron chi connectivity index (χ0n) is 13.2. The van der Waals surface area contributed by atoms with Gasteiger partial charge in [0.15, 0.2) is 0 Å². The Labute approximate surface area is 150 Å². The van der Waals surface area contributed by atoms with Gasteiger partial charge in [-0.05, 0) is 42.5 Å². The lowest BCUT2D eigenvalue weighted by atomic mass is 10.2. The maximum absolute atomic E-state index is 12.0. The average Bonchev–Trinajstić information content (AvgIpc) is 3.10. The molecule has 1 amide bonds. The molecule has 0 aliphatic rings. The van der Waals surface area contributed by atoms with Crippen molar-refractivity contribution in [3.05, 3.63) is 65.0 Å². The smallest absolute Gasteiger partial charge is 0.227 e. The molecule has 0 saturated heterocycles. The summed E-state index contributed by atoms with van der Waals surface area (Å²) in [6.45, 7) is 0. The quantitative estimate of drug-likeness (QED) is 0.707. The molecule has 0 unspecified atom stereocenters. The number of aromatic nitrogens is 2. The standard InChI is InChI=1S/C19H14ClN3O2/c1-2-13-4-3-5-16(12-13)21-17(24)10-11-18-22-19(23-25-18)14-6-8-15(20)9-7-14/h1,3-9,12H,10-11H2,(H,21,24). The lowest BCUT2D eigenvalue weighted by Crippen LogP contribution is -2.12. The molecule has 1 heterocycles. The summed E-state index contributed by atoms with van der Waals surface area (Å²) in [5, 5.41) is 7.35. The first-order valence-electron chi connectivity index (χ1n) is 7.59. The predicted molar refractivity (Wildman–Crippen MR) is 96.1 cm³/mol. The molecule has 1 N–H and O–H groups in total. The first-order chi connectivity index (χ1) is 12.1. The summed E-state index contributed by atoms with van der Waals surface area (Å²) in [5.74, 6) is 3.24. The fourth-order valence-electron chi connectivity index (χ4n) is 2.20. The highest BCUT2D eigenvalue weighted by Crippen LogP contribution is 2.19. The lowest BCUT2D eigenvalue weighted by Gasteiger charge is -2.04. The molecule has 0 radical (unpaired) electrons. The van der Waals surface area contributed by atoms with Gasteiger partial charge in [-0.15, -0.1) is 6.42 Å². The van der Waals surface area contributed by atoms with Gasteiger partial charge < -0.3 is 9.84 Å². The van der Waals surface area contributed by atoms with Gasteiger partial charge in [-0.3, -0.25) is 4.79 Å². The molecule has 0 aliphatic heterocycles. The molecule has 0 aliphatic carbocycles. The highest BCUT2D eigenvalue weighted by atomic mass is 35.5. The van der Waals surface area contributed by atoms with Crippen molar-refractivity contribution in [1.29, 1.82) is 0 Å². The number of aryl methyl sites for hydroxylation is 1. The minimum Gasteiger partial charge on any atom is -0.339 e. The molecule has 5 nitrogen and oxygen atoms in total. The van der Waals surface area contributed by atoms with Crippen molar-refractivity contribution in [1.82, 2.24) is 10.1 Å². The number of benzene rings is 2. The fourth-order valence-corrected chi connectivity index (χ4v) is 2.33. The maximum atomic E-state index is 12.0. The van der Waals surface area contributed by atoms with Crippen molar-refractivity contribution in [2.75, 3.05) is 5.32 Å². The van der Waals surface area contributed by atoms with Gasteiger partial charge in [-0.25, -0.2) is 0 Å². The van der Waals surface area contributed by atoms with Gasteiger partial charge in [0.2, 0.25) is 17.6 Å². The number of nitrogens with one attached hydrogen (secondary N) is 1. The Kier molecular flexibility index (Phi) is 5.12. The Morgan fingerprint density at radius 2 is 2.04 bits per heavy atom. The van der Waals surface area contributed by atoms with E-state index in [1.807, 2.05) is 12.1 Å². The number of amides is 1. The number of hydrogen-bond donors (Lipinski definition) is 1. The van der Waals surface area contributed by atoms with E-state index in [-0.39, 0.29) is 12.3 Å². The molecule has 0 atom stereocenters. The summed E-state index contributed by atoms with van der Waals surface area (Å²) in [6, 6.07) is 14.2. The molecule has 1 aromatic heterocycles. The topological polar surface area (TPSA) is 68.0 Å². The van der Waals surface area contributed by atoms with Crippen molar-refractivity contribution in [2.24, 2.45) is 0 Å². The Bertz CT molecular complexity index is 926. The second kappa shape index (κ2) is 7.65. The van der Waals surface area contributed by atoms with E-state index in [0.29, 0.717) is 34.4 Å². The highest BCUT2D eigenvalue weighted by Gasteiger charge is 2.11. The molecule has 0 spiro atoms. The molecule has 0 bridgehead atoms. The number of halogens is 1. The number of hydrogen-bond acceptors (Lipinski definition) is 4. The average molecular weight is 352 g/mol. The molecular formula is C19H14ClN3O2. The minimum atomic E-state index is -0.152. The molecule has 0 saturated carbocycles. The summed E-state index contributed by atoms with van der Waals surface area (Å²) in [7, 11) is 0. The van der Waals surface area contributed by atoms with E-state index in [1.165, 1.54) is 0 Å². The molecule has 25 heavy (non-hydrogen) atoms. The summed E-state index contributed by atoms with van der Waals surface area (Å²) < 4.78 is 5.19. The summed E-state index contributed by atoms with van der Waals surface area (Å²) >= 11 is 5.85. The van der Waals surface area contributed by atoms with Gasteiger partial charge in [0.1, 0.15) is 0 Å². The van der Waals surface area contributed by atoms with Crippen LogP contribution in [0.2, 0.25) is 5.02 Å². The van der Waals surface area contributed by atoms with Gasteiger partial charge in [-0.1, -0.05) is 28.7 Å². The van der Waals surface area contributed by atoms with Gasteiger partial charge in [0, 0.05) is 34.7 Å². The van der Waals surface area contributed by atoms with Crippen LogP contribution >= 0.6 is 11.6 Å². The van der Waals surface area contributed by atoms with Crippen LogP contribution in [0.5, 0.6) is 0 Å². The minimum absolute atomic E-state index is 0.152. The van der Waals surface area contributed by atoms with Crippen LogP contribution in [-0.2, 0) is 11.2 Å². The van der Waals surface area contributed by atoms with Crippen molar-refractivity contribution in [3.63, 3.8) is 0 Å². The zero-order valence-corrected chi connectivity index (χ0v) is 14.0. The van der Waals surface area contributed by atoms with Gasteiger partial charge in [-0.2, -0.15) is 4.98 Å². The van der Waals surface area contributed by atoms with Gasteiger partial charge in [0.25, 0.3) is 0 Å². The van der Waals surface area contributed by atoms with Crippen molar-refractivity contribution >= 4 is 23.2 Å². The third kappa shape index (κ3) is 4.46. The van der Waals surface area contributed by atoms with Crippen molar-refractivity contribution < 1.29 is 9.32 Å². The molecule has 2 aromatic carbocycles. The maximum Gasteiger partial charge on any atom is 0.227 e. The van der Waals surface area contributed by atoms with Crippen LogP contribution in [-0.4, -0.2) is 16.0 Å². The second-order valence-corrected chi connectivity index (χ2v) is 5.73. The van der Waals surface area contributed by atoms with Gasteiger partial charge >= 0.3 is 0 Å². The fraction of sp³-hybridized carbons (Fsp3) is 0.105. The van der Waals surface area contributed by atoms with Crippen LogP contribution in [0.25, 0.3) is 11.4 Å². The second-order valence-electron chi connectivity index (χ2n) is 5.29. The normalized spacial score (nSPS) is 10.2. The summed E-state index contributed by atoms with van der Waals surface area (Å²) in [4.78, 5) is 16.3. The first kappa shape index (κ1) is 16.7. The predicted octanol–water partition coefficient (Wildman–Crippen LogP) is 3.94. The van der Waals surface area contributed by atoms with Crippen LogP contribution in [0.15, 0.2) is 53.1 Å². The Balaban J connectivity index is 1.57. The van der Waals surface area contributed by atoms with Crippen molar-refractivity contribution in [3.8, 4) is 23.7 Å². The molecule has 3 rings (SSSR count). The third-order valence-corrected chi connectivity index (χ3v) is 3.70.